The fourth-order valence-electron chi connectivity index (χ4n) is 1.06. The highest BCUT2D eigenvalue weighted by molar-refractivity contribution is 5.12. The summed E-state index contributed by atoms with van der Waals surface area (Å²) in [5.74, 6) is 1.57. The summed E-state index contributed by atoms with van der Waals surface area (Å²) >= 11 is 0. The Hall–Kier alpha value is -0.830. The van der Waals surface area contributed by atoms with Crippen LogP contribution < -0.4 is 5.73 Å². The highest BCUT2D eigenvalue weighted by Gasteiger charge is 2.16. The maximum absolute atomic E-state index is 5.92. The second-order valence-corrected chi connectivity index (χ2v) is 4.08. The monoisotopic (exact) mass is 182 g/mol. The van der Waals surface area contributed by atoms with Crippen LogP contribution in [0.15, 0.2) is 10.6 Å². The Morgan fingerprint density at radius 2 is 1.92 bits per heavy atom. The van der Waals surface area contributed by atoms with Crippen molar-refractivity contribution in [3.8, 4) is 0 Å². The molecule has 0 aliphatic carbocycles. The van der Waals surface area contributed by atoms with Gasteiger partial charge in [-0.15, -0.1) is 0 Å². The van der Waals surface area contributed by atoms with Crippen LogP contribution in [-0.2, 0) is 0 Å². The molecule has 0 aliphatic heterocycles. The van der Waals surface area contributed by atoms with Crippen molar-refractivity contribution in [1.29, 1.82) is 0 Å². The largest absolute Gasteiger partial charge is 0.359 e. The number of nitrogens with two attached hydrogens (primary N) is 1. The standard InChI is InChI=1S/C10H18N2O/c1-6(2)8-5-9(13-12-8)10(11)7(3)4/h5-7,10H,11H2,1-4H3/t10-/m0/s1. The summed E-state index contributed by atoms with van der Waals surface area (Å²) in [4.78, 5) is 0. The lowest BCUT2D eigenvalue weighted by atomic mass is 10.0. The van der Waals surface area contributed by atoms with Crippen molar-refractivity contribution in [2.24, 2.45) is 11.7 Å². The highest BCUT2D eigenvalue weighted by Crippen LogP contribution is 2.22. The Bertz CT molecular complexity index is 266. The zero-order chi connectivity index (χ0) is 10.0. The van der Waals surface area contributed by atoms with E-state index in [0.29, 0.717) is 11.8 Å². The molecule has 1 aromatic heterocycles. The third kappa shape index (κ3) is 2.31. The van der Waals surface area contributed by atoms with E-state index in [0.717, 1.165) is 11.5 Å². The molecule has 1 aromatic rings. The summed E-state index contributed by atoms with van der Waals surface area (Å²) < 4.78 is 5.17. The number of hydrogen-bond acceptors (Lipinski definition) is 3. The van der Waals surface area contributed by atoms with Gasteiger partial charge in [-0.2, -0.15) is 0 Å². The lowest BCUT2D eigenvalue weighted by molar-refractivity contribution is 0.328. The maximum atomic E-state index is 5.92. The van der Waals surface area contributed by atoms with E-state index in [1.165, 1.54) is 0 Å². The molecule has 74 valence electrons. The van der Waals surface area contributed by atoms with Crippen molar-refractivity contribution in [2.75, 3.05) is 0 Å². The van der Waals surface area contributed by atoms with E-state index in [9.17, 15) is 0 Å². The number of rotatable bonds is 3. The summed E-state index contributed by atoms with van der Waals surface area (Å²) in [6.07, 6.45) is 0. The molecule has 0 saturated carbocycles. The molecule has 0 unspecified atom stereocenters. The molecule has 1 atom stereocenters. The van der Waals surface area contributed by atoms with Crippen LogP contribution in [0, 0.1) is 5.92 Å². The molecule has 0 radical (unpaired) electrons. The quantitative estimate of drug-likeness (QED) is 0.781. The van der Waals surface area contributed by atoms with Crippen LogP contribution in [0.5, 0.6) is 0 Å². The maximum Gasteiger partial charge on any atom is 0.153 e. The van der Waals surface area contributed by atoms with Gasteiger partial charge in [0.2, 0.25) is 0 Å². The fraction of sp³-hybridized carbons (Fsp3) is 0.700. The highest BCUT2D eigenvalue weighted by atomic mass is 16.5. The number of nitrogens with zero attached hydrogens (tertiary/aromatic N) is 1. The molecule has 1 heterocycles. The Morgan fingerprint density at radius 3 is 2.31 bits per heavy atom. The minimum absolute atomic E-state index is 0.0417. The van der Waals surface area contributed by atoms with Crippen molar-refractivity contribution >= 4 is 0 Å². The Balaban J connectivity index is 2.79. The van der Waals surface area contributed by atoms with E-state index in [-0.39, 0.29) is 6.04 Å². The van der Waals surface area contributed by atoms with Gasteiger partial charge < -0.3 is 10.3 Å². The molecule has 3 heteroatoms. The fourth-order valence-corrected chi connectivity index (χ4v) is 1.06. The SMILES string of the molecule is CC(C)c1cc([C@@H](N)C(C)C)on1. The van der Waals surface area contributed by atoms with Crippen molar-refractivity contribution in [3.05, 3.63) is 17.5 Å². The van der Waals surface area contributed by atoms with Crippen molar-refractivity contribution in [3.63, 3.8) is 0 Å². The van der Waals surface area contributed by atoms with Gasteiger partial charge in [0.25, 0.3) is 0 Å². The molecule has 0 fully saturated rings. The zero-order valence-corrected chi connectivity index (χ0v) is 8.74. The van der Waals surface area contributed by atoms with Crippen LogP contribution in [0.25, 0.3) is 0 Å². The third-order valence-corrected chi connectivity index (χ3v) is 2.18. The molecule has 2 N–H and O–H groups in total. The average molecular weight is 182 g/mol. The number of aromatic nitrogens is 1. The molecule has 13 heavy (non-hydrogen) atoms. The van der Waals surface area contributed by atoms with Crippen LogP contribution >= 0.6 is 0 Å². The van der Waals surface area contributed by atoms with Gasteiger partial charge in [0.05, 0.1) is 11.7 Å². The Morgan fingerprint density at radius 1 is 1.31 bits per heavy atom. The van der Waals surface area contributed by atoms with Crippen molar-refractivity contribution in [2.45, 2.75) is 39.7 Å². The lowest BCUT2D eigenvalue weighted by Gasteiger charge is -2.10. The first kappa shape index (κ1) is 10.3. The molecule has 1 rings (SSSR count). The first-order chi connectivity index (χ1) is 6.02. The van der Waals surface area contributed by atoms with Crippen molar-refractivity contribution in [1.82, 2.24) is 5.16 Å². The van der Waals surface area contributed by atoms with Crippen LogP contribution in [-0.4, -0.2) is 5.16 Å². The van der Waals surface area contributed by atoms with E-state index >= 15 is 0 Å². The molecule has 0 amide bonds. The molecule has 0 bridgehead atoms. The van der Waals surface area contributed by atoms with Crippen LogP contribution in [0.2, 0.25) is 0 Å². The molecule has 0 aromatic carbocycles. The summed E-state index contributed by atoms with van der Waals surface area (Å²) in [6, 6.07) is 1.91. The first-order valence-electron chi connectivity index (χ1n) is 4.74. The Labute approximate surface area is 79.3 Å². The molecular formula is C10H18N2O. The van der Waals surface area contributed by atoms with Gasteiger partial charge in [0.1, 0.15) is 0 Å². The predicted molar refractivity (Wildman–Crippen MR) is 52.4 cm³/mol. The minimum atomic E-state index is -0.0417. The van der Waals surface area contributed by atoms with Crippen molar-refractivity contribution < 1.29 is 4.52 Å². The number of hydrogen-bond donors (Lipinski definition) is 1. The predicted octanol–water partition coefficient (Wildman–Crippen LogP) is 2.45. The second kappa shape index (κ2) is 3.92. The zero-order valence-electron chi connectivity index (χ0n) is 8.74. The van der Waals surface area contributed by atoms with Gasteiger partial charge in [-0.05, 0) is 11.8 Å². The smallest absolute Gasteiger partial charge is 0.153 e. The topological polar surface area (TPSA) is 52.0 Å². The average Bonchev–Trinajstić information content (AvgIpc) is 2.50. The molecule has 0 spiro atoms. The van der Waals surface area contributed by atoms with Gasteiger partial charge in [0.15, 0.2) is 5.76 Å². The van der Waals surface area contributed by atoms with E-state index < -0.39 is 0 Å². The van der Waals surface area contributed by atoms with E-state index in [2.05, 4.69) is 32.9 Å². The minimum Gasteiger partial charge on any atom is -0.359 e. The summed E-state index contributed by atoms with van der Waals surface area (Å²) in [6.45, 7) is 8.32. The van der Waals surface area contributed by atoms with Crippen LogP contribution in [0.1, 0.15) is 51.1 Å². The Kier molecular flexibility index (Phi) is 3.09. The molecule has 3 nitrogen and oxygen atoms in total. The molecular weight excluding hydrogens is 164 g/mol. The second-order valence-electron chi connectivity index (χ2n) is 4.08. The van der Waals surface area contributed by atoms with Gasteiger partial charge in [-0.25, -0.2) is 0 Å². The van der Waals surface area contributed by atoms with Gasteiger partial charge in [-0.1, -0.05) is 32.9 Å². The van der Waals surface area contributed by atoms with Crippen LogP contribution in [0.3, 0.4) is 0 Å². The summed E-state index contributed by atoms with van der Waals surface area (Å²) in [5.41, 5.74) is 6.90. The summed E-state index contributed by atoms with van der Waals surface area (Å²) in [7, 11) is 0. The van der Waals surface area contributed by atoms with Crippen LogP contribution in [0.4, 0.5) is 0 Å². The van der Waals surface area contributed by atoms with E-state index in [4.69, 9.17) is 10.3 Å². The third-order valence-electron chi connectivity index (χ3n) is 2.18. The summed E-state index contributed by atoms with van der Waals surface area (Å²) in [5, 5.41) is 3.96. The normalized spacial score (nSPS) is 14.1. The van der Waals surface area contributed by atoms with Gasteiger partial charge in [-0.3, -0.25) is 0 Å². The van der Waals surface area contributed by atoms with Gasteiger partial charge in [0, 0.05) is 6.07 Å². The van der Waals surface area contributed by atoms with E-state index in [1.54, 1.807) is 0 Å². The first-order valence-corrected chi connectivity index (χ1v) is 4.74. The lowest BCUT2D eigenvalue weighted by Crippen LogP contribution is -2.15. The molecule has 0 aliphatic rings. The molecule has 0 saturated heterocycles. The van der Waals surface area contributed by atoms with Gasteiger partial charge >= 0.3 is 0 Å². The van der Waals surface area contributed by atoms with E-state index in [1.807, 2.05) is 6.07 Å².